The van der Waals surface area contributed by atoms with Gasteiger partial charge in [0.25, 0.3) is 0 Å². The summed E-state index contributed by atoms with van der Waals surface area (Å²) in [6, 6.07) is 12.1. The second-order valence-corrected chi connectivity index (χ2v) is 5.09. The van der Waals surface area contributed by atoms with E-state index in [0.717, 1.165) is 20.3 Å². The van der Waals surface area contributed by atoms with Gasteiger partial charge in [0, 0.05) is 9.92 Å². The summed E-state index contributed by atoms with van der Waals surface area (Å²) in [6.07, 6.45) is 1.71. The van der Waals surface area contributed by atoms with Crippen LogP contribution >= 0.6 is 23.4 Å². The molecule has 0 fully saturated rings. The largest absolute Gasteiger partial charge is 0.197 e. The van der Waals surface area contributed by atoms with Crippen molar-refractivity contribution in [1.82, 2.24) is 15.4 Å². The zero-order valence-electron chi connectivity index (χ0n) is 8.72. The summed E-state index contributed by atoms with van der Waals surface area (Å²) in [5, 5.41) is 14.3. The molecule has 3 aromatic rings. The Balaban J connectivity index is 1.99. The molecule has 2 aromatic carbocycles. The van der Waals surface area contributed by atoms with Crippen molar-refractivity contribution in [3.05, 3.63) is 47.6 Å². The van der Waals surface area contributed by atoms with Gasteiger partial charge in [-0.3, -0.25) is 0 Å². The Labute approximate surface area is 107 Å². The van der Waals surface area contributed by atoms with Crippen LogP contribution in [0.5, 0.6) is 0 Å². The minimum Gasteiger partial charge on any atom is -0.197 e. The molecule has 84 valence electrons. The summed E-state index contributed by atoms with van der Waals surface area (Å²) in [7, 11) is 0. The molecule has 0 aliphatic heterocycles. The number of halogens is 1. The fourth-order valence-corrected chi connectivity index (χ4v) is 2.56. The van der Waals surface area contributed by atoms with Crippen molar-refractivity contribution in [1.29, 1.82) is 0 Å². The number of H-pyrrole nitrogens is 1. The quantitative estimate of drug-likeness (QED) is 0.764. The molecule has 0 atom stereocenters. The number of nitrogens with one attached hydrogen (secondary N) is 1. The van der Waals surface area contributed by atoms with Crippen molar-refractivity contribution >= 4 is 34.1 Å². The second kappa shape index (κ2) is 4.39. The van der Waals surface area contributed by atoms with E-state index in [0.29, 0.717) is 0 Å². The van der Waals surface area contributed by atoms with Crippen molar-refractivity contribution in [2.24, 2.45) is 0 Å². The SMILES string of the molecule is Clc1ccc2cc(Sc3cn[nH]n3)ccc2c1. The third kappa shape index (κ3) is 2.28. The number of hydrogen-bond donors (Lipinski definition) is 1. The Hall–Kier alpha value is -1.52. The molecule has 0 aliphatic carbocycles. The van der Waals surface area contributed by atoms with E-state index in [2.05, 4.69) is 33.6 Å². The van der Waals surface area contributed by atoms with Gasteiger partial charge in [-0.15, -0.1) is 5.10 Å². The van der Waals surface area contributed by atoms with Crippen LogP contribution in [0.4, 0.5) is 0 Å². The molecule has 1 N–H and O–H groups in total. The van der Waals surface area contributed by atoms with Gasteiger partial charge >= 0.3 is 0 Å². The van der Waals surface area contributed by atoms with Gasteiger partial charge in [-0.2, -0.15) is 10.3 Å². The molecular weight excluding hydrogens is 254 g/mol. The summed E-state index contributed by atoms with van der Waals surface area (Å²) >= 11 is 7.52. The summed E-state index contributed by atoms with van der Waals surface area (Å²) in [5.74, 6) is 0. The maximum Gasteiger partial charge on any atom is 0.143 e. The van der Waals surface area contributed by atoms with Gasteiger partial charge in [-0.05, 0) is 35.0 Å². The number of rotatable bonds is 2. The van der Waals surface area contributed by atoms with Crippen LogP contribution in [-0.4, -0.2) is 15.4 Å². The molecule has 0 bridgehead atoms. The predicted octanol–water partition coefficient (Wildman–Crippen LogP) is 3.76. The van der Waals surface area contributed by atoms with Crippen LogP contribution in [-0.2, 0) is 0 Å². The maximum atomic E-state index is 5.95. The van der Waals surface area contributed by atoms with E-state index in [4.69, 9.17) is 11.6 Å². The third-order valence-corrected chi connectivity index (χ3v) is 3.52. The van der Waals surface area contributed by atoms with E-state index in [1.165, 1.54) is 5.39 Å². The first kappa shape index (κ1) is 10.6. The predicted molar refractivity (Wildman–Crippen MR) is 69.5 cm³/mol. The van der Waals surface area contributed by atoms with Crippen LogP contribution in [0.2, 0.25) is 5.02 Å². The smallest absolute Gasteiger partial charge is 0.143 e. The van der Waals surface area contributed by atoms with Gasteiger partial charge in [0.1, 0.15) is 5.03 Å². The van der Waals surface area contributed by atoms with Crippen LogP contribution in [0.25, 0.3) is 10.8 Å². The van der Waals surface area contributed by atoms with Gasteiger partial charge in [0.2, 0.25) is 0 Å². The Morgan fingerprint density at radius 2 is 1.88 bits per heavy atom. The number of aromatic amines is 1. The number of aromatic nitrogens is 3. The van der Waals surface area contributed by atoms with Crippen LogP contribution in [0.3, 0.4) is 0 Å². The first-order valence-electron chi connectivity index (χ1n) is 5.04. The highest BCUT2D eigenvalue weighted by atomic mass is 35.5. The zero-order chi connectivity index (χ0) is 11.7. The van der Waals surface area contributed by atoms with Crippen LogP contribution in [0.1, 0.15) is 0 Å². The Morgan fingerprint density at radius 1 is 1.06 bits per heavy atom. The zero-order valence-corrected chi connectivity index (χ0v) is 10.3. The molecule has 0 saturated heterocycles. The standard InChI is InChI=1S/C12H8ClN3S/c13-10-3-1-9-6-11(4-2-8(9)5-10)17-12-7-14-16-15-12/h1-7H,(H,14,15,16). The molecule has 0 radical (unpaired) electrons. The number of fused-ring (bicyclic) bond motifs is 1. The minimum absolute atomic E-state index is 0.759. The average Bonchev–Trinajstić information content (AvgIpc) is 2.82. The molecule has 0 spiro atoms. The van der Waals surface area contributed by atoms with Crippen molar-refractivity contribution in [2.45, 2.75) is 9.92 Å². The van der Waals surface area contributed by atoms with Crippen LogP contribution in [0.15, 0.2) is 52.5 Å². The summed E-state index contributed by atoms with van der Waals surface area (Å²) in [5.41, 5.74) is 0. The van der Waals surface area contributed by atoms with Crippen molar-refractivity contribution in [3.63, 3.8) is 0 Å². The van der Waals surface area contributed by atoms with Crippen LogP contribution in [0, 0.1) is 0 Å². The molecule has 1 aromatic heterocycles. The molecule has 0 aliphatic rings. The highest BCUT2D eigenvalue weighted by Gasteiger charge is 2.01. The van der Waals surface area contributed by atoms with Gasteiger partial charge in [0.05, 0.1) is 6.20 Å². The molecule has 17 heavy (non-hydrogen) atoms. The lowest BCUT2D eigenvalue weighted by atomic mass is 10.1. The first-order valence-corrected chi connectivity index (χ1v) is 6.24. The Kier molecular flexibility index (Phi) is 2.74. The van der Waals surface area contributed by atoms with Gasteiger partial charge in [-0.1, -0.05) is 35.5 Å². The lowest BCUT2D eigenvalue weighted by Crippen LogP contribution is -1.77. The van der Waals surface area contributed by atoms with Gasteiger partial charge in [-0.25, -0.2) is 0 Å². The summed E-state index contributed by atoms with van der Waals surface area (Å²) in [6.45, 7) is 0. The summed E-state index contributed by atoms with van der Waals surface area (Å²) < 4.78 is 0. The van der Waals surface area contributed by atoms with Crippen molar-refractivity contribution < 1.29 is 0 Å². The normalized spacial score (nSPS) is 10.9. The third-order valence-electron chi connectivity index (χ3n) is 2.39. The van der Waals surface area contributed by atoms with E-state index in [1.54, 1.807) is 18.0 Å². The highest BCUT2D eigenvalue weighted by molar-refractivity contribution is 7.99. The topological polar surface area (TPSA) is 41.6 Å². The number of benzene rings is 2. The maximum absolute atomic E-state index is 5.95. The van der Waals surface area contributed by atoms with Gasteiger partial charge < -0.3 is 0 Å². The lowest BCUT2D eigenvalue weighted by Gasteiger charge is -2.02. The van der Waals surface area contributed by atoms with E-state index in [9.17, 15) is 0 Å². The average molecular weight is 262 g/mol. The van der Waals surface area contributed by atoms with E-state index < -0.39 is 0 Å². The second-order valence-electron chi connectivity index (χ2n) is 3.56. The molecule has 3 nitrogen and oxygen atoms in total. The monoisotopic (exact) mass is 261 g/mol. The minimum atomic E-state index is 0.759. The molecule has 0 unspecified atom stereocenters. The van der Waals surface area contributed by atoms with E-state index in [1.807, 2.05) is 18.2 Å². The molecule has 0 amide bonds. The first-order chi connectivity index (χ1) is 8.31. The Morgan fingerprint density at radius 3 is 2.71 bits per heavy atom. The highest BCUT2D eigenvalue weighted by Crippen LogP contribution is 2.29. The van der Waals surface area contributed by atoms with Crippen molar-refractivity contribution in [2.75, 3.05) is 0 Å². The van der Waals surface area contributed by atoms with Crippen LogP contribution < -0.4 is 0 Å². The lowest BCUT2D eigenvalue weighted by molar-refractivity contribution is 0.911. The number of hydrogen-bond acceptors (Lipinski definition) is 3. The summed E-state index contributed by atoms with van der Waals surface area (Å²) in [4.78, 5) is 1.13. The molecule has 5 heteroatoms. The molecule has 3 rings (SSSR count). The fraction of sp³-hybridized carbons (Fsp3) is 0. The number of nitrogens with zero attached hydrogens (tertiary/aromatic N) is 2. The van der Waals surface area contributed by atoms with Crippen molar-refractivity contribution in [3.8, 4) is 0 Å². The molecule has 0 saturated carbocycles. The molecular formula is C12H8ClN3S. The van der Waals surface area contributed by atoms with Gasteiger partial charge in [0.15, 0.2) is 0 Å². The Bertz CT molecular complexity index is 652. The van der Waals surface area contributed by atoms with E-state index in [-0.39, 0.29) is 0 Å². The molecule has 1 heterocycles. The van der Waals surface area contributed by atoms with E-state index >= 15 is 0 Å². The fourth-order valence-electron chi connectivity index (χ4n) is 1.62.